The highest BCUT2D eigenvalue weighted by Crippen LogP contribution is 2.19. The Labute approximate surface area is 100 Å². The van der Waals surface area contributed by atoms with Crippen molar-refractivity contribution in [1.82, 2.24) is 15.3 Å². The van der Waals surface area contributed by atoms with E-state index in [9.17, 15) is 0 Å². The number of benzene rings is 1. The molecule has 16 heavy (non-hydrogen) atoms. The summed E-state index contributed by atoms with van der Waals surface area (Å²) in [6.07, 6.45) is 1.15. The van der Waals surface area contributed by atoms with Crippen LogP contribution in [0.1, 0.15) is 13.3 Å². The fourth-order valence-electron chi connectivity index (χ4n) is 1.47. The minimum atomic E-state index is 0.567. The zero-order valence-electron chi connectivity index (χ0n) is 9.66. The van der Waals surface area contributed by atoms with Gasteiger partial charge in [0.05, 0.1) is 11.0 Å². The van der Waals surface area contributed by atoms with Crippen molar-refractivity contribution in [2.75, 3.05) is 12.8 Å². The van der Waals surface area contributed by atoms with E-state index in [1.807, 2.05) is 25.2 Å². The van der Waals surface area contributed by atoms with Gasteiger partial charge in [0.25, 0.3) is 0 Å². The number of aromatic amines is 1. The van der Waals surface area contributed by atoms with Crippen molar-refractivity contribution in [1.29, 1.82) is 0 Å². The lowest BCUT2D eigenvalue weighted by Gasteiger charge is -2.07. The zero-order chi connectivity index (χ0) is 11.4. The molecule has 1 heterocycles. The predicted octanol–water partition coefficient (Wildman–Crippen LogP) is 2.65. The molecule has 1 unspecified atom stereocenters. The maximum absolute atomic E-state index is 4.52. The van der Waals surface area contributed by atoms with Crippen LogP contribution in [-0.4, -0.2) is 28.8 Å². The Morgan fingerprint density at radius 3 is 3.00 bits per heavy atom. The second-order valence-electron chi connectivity index (χ2n) is 3.89. The van der Waals surface area contributed by atoms with Gasteiger partial charge in [-0.15, -0.1) is 0 Å². The van der Waals surface area contributed by atoms with Crippen LogP contribution in [0.15, 0.2) is 29.4 Å². The molecule has 2 aromatic rings. The number of nitrogens with one attached hydrogen (secondary N) is 2. The molecule has 1 aromatic carbocycles. The molecule has 2 N–H and O–H groups in total. The summed E-state index contributed by atoms with van der Waals surface area (Å²) < 4.78 is 0. The number of hydrogen-bond donors (Lipinski definition) is 2. The van der Waals surface area contributed by atoms with E-state index < -0.39 is 0 Å². The standard InChI is InChI=1S/C12H17N3S/c1-9(13-2)7-8-16-12-14-10-5-3-4-6-11(10)15-12/h3-6,9,13H,7-8H2,1-2H3,(H,14,15). The van der Waals surface area contributed by atoms with Gasteiger partial charge in [-0.3, -0.25) is 0 Å². The molecule has 0 amide bonds. The first-order chi connectivity index (χ1) is 7.79. The first-order valence-electron chi connectivity index (χ1n) is 5.54. The molecule has 1 atom stereocenters. The van der Waals surface area contributed by atoms with Gasteiger partial charge in [0.2, 0.25) is 0 Å². The predicted molar refractivity (Wildman–Crippen MR) is 70.0 cm³/mol. The van der Waals surface area contributed by atoms with Crippen LogP contribution >= 0.6 is 11.8 Å². The van der Waals surface area contributed by atoms with Crippen molar-refractivity contribution in [2.45, 2.75) is 24.5 Å². The molecular formula is C12H17N3S. The molecule has 0 saturated carbocycles. The molecule has 0 fully saturated rings. The summed E-state index contributed by atoms with van der Waals surface area (Å²) in [6, 6.07) is 8.70. The van der Waals surface area contributed by atoms with Gasteiger partial charge in [0.1, 0.15) is 0 Å². The highest BCUT2D eigenvalue weighted by atomic mass is 32.2. The number of H-pyrrole nitrogens is 1. The van der Waals surface area contributed by atoms with Crippen molar-refractivity contribution >= 4 is 22.8 Å². The molecule has 4 heteroatoms. The van der Waals surface area contributed by atoms with Gasteiger partial charge in [-0.05, 0) is 32.5 Å². The van der Waals surface area contributed by atoms with Crippen molar-refractivity contribution in [2.24, 2.45) is 0 Å². The summed E-state index contributed by atoms with van der Waals surface area (Å²) in [4.78, 5) is 7.84. The Morgan fingerprint density at radius 1 is 1.44 bits per heavy atom. The van der Waals surface area contributed by atoms with Crippen molar-refractivity contribution < 1.29 is 0 Å². The topological polar surface area (TPSA) is 40.7 Å². The quantitative estimate of drug-likeness (QED) is 0.783. The smallest absolute Gasteiger partial charge is 0.166 e. The lowest BCUT2D eigenvalue weighted by Crippen LogP contribution is -2.21. The van der Waals surface area contributed by atoms with Gasteiger partial charge in [-0.25, -0.2) is 4.98 Å². The third kappa shape index (κ3) is 2.77. The molecule has 0 aliphatic carbocycles. The lowest BCUT2D eigenvalue weighted by molar-refractivity contribution is 0.597. The lowest BCUT2D eigenvalue weighted by atomic mass is 10.3. The van der Waals surface area contributed by atoms with Gasteiger partial charge in [0.15, 0.2) is 5.16 Å². The number of hydrogen-bond acceptors (Lipinski definition) is 3. The van der Waals surface area contributed by atoms with E-state index in [4.69, 9.17) is 0 Å². The Balaban J connectivity index is 1.94. The number of thioether (sulfide) groups is 1. The molecular weight excluding hydrogens is 218 g/mol. The first-order valence-corrected chi connectivity index (χ1v) is 6.53. The maximum Gasteiger partial charge on any atom is 0.166 e. The van der Waals surface area contributed by atoms with Gasteiger partial charge >= 0.3 is 0 Å². The van der Waals surface area contributed by atoms with Crippen LogP contribution < -0.4 is 5.32 Å². The van der Waals surface area contributed by atoms with Crippen LogP contribution in [-0.2, 0) is 0 Å². The van der Waals surface area contributed by atoms with Crippen LogP contribution in [0.2, 0.25) is 0 Å². The number of nitrogens with zero attached hydrogens (tertiary/aromatic N) is 1. The van der Waals surface area contributed by atoms with Crippen LogP contribution in [0, 0.1) is 0 Å². The number of para-hydroxylation sites is 2. The highest BCUT2D eigenvalue weighted by molar-refractivity contribution is 7.99. The molecule has 86 valence electrons. The summed E-state index contributed by atoms with van der Waals surface area (Å²) in [5, 5.41) is 4.25. The molecule has 0 saturated heterocycles. The van der Waals surface area contributed by atoms with Crippen LogP contribution in [0.4, 0.5) is 0 Å². The van der Waals surface area contributed by atoms with Gasteiger partial charge in [-0.2, -0.15) is 0 Å². The minimum absolute atomic E-state index is 0.567. The fourth-order valence-corrected chi connectivity index (χ4v) is 2.48. The Hall–Kier alpha value is -1.00. The molecule has 3 nitrogen and oxygen atoms in total. The van der Waals surface area contributed by atoms with E-state index in [1.54, 1.807) is 11.8 Å². The van der Waals surface area contributed by atoms with Crippen LogP contribution in [0.5, 0.6) is 0 Å². The molecule has 0 aliphatic heterocycles. The fraction of sp³-hybridized carbons (Fsp3) is 0.417. The second-order valence-corrected chi connectivity index (χ2v) is 4.97. The van der Waals surface area contributed by atoms with Gasteiger partial charge in [0, 0.05) is 11.8 Å². The number of imidazole rings is 1. The maximum atomic E-state index is 4.52. The number of fused-ring (bicyclic) bond motifs is 1. The van der Waals surface area contributed by atoms with E-state index >= 15 is 0 Å². The molecule has 0 radical (unpaired) electrons. The Morgan fingerprint density at radius 2 is 2.25 bits per heavy atom. The van der Waals surface area contributed by atoms with Crippen molar-refractivity contribution in [3.8, 4) is 0 Å². The molecule has 0 aliphatic rings. The number of aromatic nitrogens is 2. The largest absolute Gasteiger partial charge is 0.333 e. The zero-order valence-corrected chi connectivity index (χ0v) is 10.5. The second kappa shape index (κ2) is 5.37. The van der Waals surface area contributed by atoms with Crippen molar-refractivity contribution in [3.05, 3.63) is 24.3 Å². The normalized spacial score (nSPS) is 13.1. The van der Waals surface area contributed by atoms with Gasteiger partial charge in [-0.1, -0.05) is 23.9 Å². The molecule has 0 spiro atoms. The third-order valence-corrected chi connectivity index (χ3v) is 3.56. The first kappa shape index (κ1) is 11.5. The average Bonchev–Trinajstić information content (AvgIpc) is 2.71. The van der Waals surface area contributed by atoms with Crippen molar-refractivity contribution in [3.63, 3.8) is 0 Å². The third-order valence-electron chi connectivity index (χ3n) is 2.65. The molecule has 2 rings (SSSR count). The summed E-state index contributed by atoms with van der Waals surface area (Å²) in [7, 11) is 2.00. The average molecular weight is 235 g/mol. The highest BCUT2D eigenvalue weighted by Gasteiger charge is 2.03. The van der Waals surface area contributed by atoms with Crippen LogP contribution in [0.3, 0.4) is 0 Å². The molecule has 0 bridgehead atoms. The summed E-state index contributed by atoms with van der Waals surface area (Å²) >= 11 is 1.78. The van der Waals surface area contributed by atoms with E-state index in [2.05, 4.69) is 28.3 Å². The Bertz CT molecular complexity index is 419. The monoisotopic (exact) mass is 235 g/mol. The minimum Gasteiger partial charge on any atom is -0.333 e. The Kier molecular flexibility index (Phi) is 3.85. The SMILES string of the molecule is CNC(C)CCSc1nc2ccccc2[nH]1. The number of rotatable bonds is 5. The summed E-state index contributed by atoms with van der Waals surface area (Å²) in [6.45, 7) is 2.19. The van der Waals surface area contributed by atoms with E-state index in [0.29, 0.717) is 6.04 Å². The van der Waals surface area contributed by atoms with E-state index in [1.165, 1.54) is 0 Å². The summed E-state index contributed by atoms with van der Waals surface area (Å²) in [5.41, 5.74) is 2.17. The summed E-state index contributed by atoms with van der Waals surface area (Å²) in [5.74, 6) is 1.09. The van der Waals surface area contributed by atoms with E-state index in [0.717, 1.165) is 28.4 Å². The molecule has 1 aromatic heterocycles. The van der Waals surface area contributed by atoms with E-state index in [-0.39, 0.29) is 0 Å². The van der Waals surface area contributed by atoms with Gasteiger partial charge < -0.3 is 10.3 Å². The van der Waals surface area contributed by atoms with Crippen LogP contribution in [0.25, 0.3) is 11.0 Å².